The molecule has 0 atom stereocenters. The summed E-state index contributed by atoms with van der Waals surface area (Å²) in [5.74, 6) is -0.384. The fourth-order valence-electron chi connectivity index (χ4n) is 12.0. The Labute approximate surface area is 532 Å². The third-order valence-corrected chi connectivity index (χ3v) is 16.2. The average Bonchev–Trinajstić information content (AvgIpc) is 1.55. The number of nitrogens with zero attached hydrogens (tertiary/aromatic N) is 6. The van der Waals surface area contributed by atoms with Crippen molar-refractivity contribution in [3.8, 4) is 73.3 Å². The minimum atomic E-state index is -5.53. The van der Waals surface area contributed by atoms with E-state index in [0.29, 0.717) is 48.5 Å². The molecule has 502 valence electrons. The van der Waals surface area contributed by atoms with Crippen molar-refractivity contribution in [2.45, 2.75) is 63.3 Å². The Morgan fingerprint density at radius 3 is 0.745 bits per heavy atom. The van der Waals surface area contributed by atoms with Crippen LogP contribution in [0.2, 0.25) is 0 Å². The van der Waals surface area contributed by atoms with Crippen molar-refractivity contribution in [2.75, 3.05) is 0 Å². The molecule has 98 heavy (non-hydrogen) atoms. The van der Waals surface area contributed by atoms with Gasteiger partial charge in [0.15, 0.2) is 5.82 Å². The summed E-state index contributed by atoms with van der Waals surface area (Å²) in [5.41, 5.74) is -23.4. The summed E-state index contributed by atoms with van der Waals surface area (Å²) >= 11 is 0. The van der Waals surface area contributed by atoms with Crippen molar-refractivity contribution < 1.29 is 105 Å². The number of rotatable bonds is 7. The lowest BCUT2D eigenvalue weighted by Gasteiger charge is -2.20. The first-order valence-electron chi connectivity index (χ1n) is 28.0. The predicted octanol–water partition coefficient (Wildman–Crippen LogP) is 23.0. The molecule has 0 unspecified atom stereocenters. The minimum absolute atomic E-state index is 0.0275. The Bertz CT molecular complexity index is 4740. The Hall–Kier alpha value is -10.6. The number of benzene rings is 9. The second kappa shape index (κ2) is 22.8. The summed E-state index contributed by atoms with van der Waals surface area (Å²) < 4.78 is 352. The van der Waals surface area contributed by atoms with E-state index in [9.17, 15) is 57.9 Å². The second-order valence-electron chi connectivity index (χ2n) is 22.4. The van der Waals surface area contributed by atoms with Gasteiger partial charge in [-0.25, -0.2) is 15.0 Å². The maximum absolute atomic E-state index is 15.1. The molecular weight excluding hydrogens is 1360 g/mol. The van der Waals surface area contributed by atoms with Gasteiger partial charge in [-0.2, -0.15) is 111 Å². The Kier molecular flexibility index (Phi) is 15.6. The number of halogens is 24. The lowest BCUT2D eigenvalue weighted by Crippen LogP contribution is -2.12. The smallest absolute Gasteiger partial charge is 0.308 e. The molecule has 0 N–H and O–H groups in total. The van der Waals surface area contributed by atoms with Gasteiger partial charge in [0.1, 0.15) is 23.3 Å². The van der Waals surface area contributed by atoms with Crippen LogP contribution in [0.15, 0.2) is 158 Å². The van der Waals surface area contributed by atoms with Crippen molar-refractivity contribution in [1.29, 1.82) is 5.26 Å². The van der Waals surface area contributed by atoms with E-state index in [1.807, 2.05) is 6.07 Å². The van der Waals surface area contributed by atoms with Crippen LogP contribution in [0.4, 0.5) is 105 Å². The van der Waals surface area contributed by atoms with E-state index in [2.05, 4.69) is 15.0 Å². The number of fused-ring (bicyclic) bond motifs is 6. The average molecular weight is 1390 g/mol. The van der Waals surface area contributed by atoms with Crippen molar-refractivity contribution in [3.05, 3.63) is 219 Å². The molecule has 12 rings (SSSR count). The zero-order valence-corrected chi connectivity index (χ0v) is 48.8. The Morgan fingerprint density at radius 1 is 0.286 bits per heavy atom. The molecule has 0 spiro atoms. The maximum atomic E-state index is 15.1. The highest BCUT2D eigenvalue weighted by atomic mass is 19.4. The third kappa shape index (κ3) is 12.2. The number of nitriles is 1. The zero-order chi connectivity index (χ0) is 71.3. The van der Waals surface area contributed by atoms with Gasteiger partial charge < -0.3 is 9.13 Å². The van der Waals surface area contributed by atoms with Crippen LogP contribution < -0.4 is 0 Å². The first-order valence-corrected chi connectivity index (χ1v) is 28.0. The molecule has 0 saturated carbocycles. The molecule has 0 bridgehead atoms. The highest BCUT2D eigenvalue weighted by Crippen LogP contribution is 2.50. The number of hydrogen-bond acceptors (Lipinski definition) is 4. The maximum Gasteiger partial charge on any atom is 0.417 e. The number of aryl methyl sites for hydroxylation is 2. The molecule has 12 aromatic rings. The van der Waals surface area contributed by atoms with E-state index in [-0.39, 0.29) is 90.9 Å². The Balaban J connectivity index is 1.27. The molecule has 3 heterocycles. The summed E-state index contributed by atoms with van der Waals surface area (Å²) in [5, 5.41) is 11.6. The second-order valence-corrected chi connectivity index (χ2v) is 22.4. The van der Waals surface area contributed by atoms with E-state index in [0.717, 1.165) is 94.1 Å². The van der Waals surface area contributed by atoms with Crippen LogP contribution in [-0.2, 0) is 49.4 Å². The topological polar surface area (TPSA) is 72.3 Å². The van der Waals surface area contributed by atoms with Gasteiger partial charge in [0.2, 0.25) is 0 Å². The molecule has 0 amide bonds. The predicted molar refractivity (Wildman–Crippen MR) is 310 cm³/mol. The van der Waals surface area contributed by atoms with Gasteiger partial charge in [0.05, 0.1) is 77.9 Å². The molecule has 9 aromatic carbocycles. The van der Waals surface area contributed by atoms with Crippen molar-refractivity contribution >= 4 is 43.6 Å². The number of hydrogen-bond donors (Lipinski definition) is 0. The molecule has 0 radical (unpaired) electrons. The zero-order valence-electron chi connectivity index (χ0n) is 48.8. The molecule has 0 aliphatic carbocycles. The van der Waals surface area contributed by atoms with Gasteiger partial charge in [0, 0.05) is 27.1 Å². The van der Waals surface area contributed by atoms with Gasteiger partial charge in [-0.3, -0.25) is 0 Å². The van der Waals surface area contributed by atoms with Gasteiger partial charge in [-0.05, 0) is 143 Å². The largest absolute Gasteiger partial charge is 0.417 e. The lowest BCUT2D eigenvalue weighted by molar-refractivity contribution is -0.144. The van der Waals surface area contributed by atoms with Crippen molar-refractivity contribution in [1.82, 2.24) is 24.1 Å². The summed E-state index contributed by atoms with van der Waals surface area (Å²) in [6, 6.07) is 19.3. The quantitative estimate of drug-likeness (QED) is 0.149. The van der Waals surface area contributed by atoms with E-state index in [1.165, 1.54) is 13.8 Å². The summed E-state index contributed by atoms with van der Waals surface area (Å²) in [6.07, 6.45) is -43.5. The normalized spacial score (nSPS) is 13.2. The lowest BCUT2D eigenvalue weighted by atomic mass is 9.95. The molecule has 0 aliphatic rings. The highest BCUT2D eigenvalue weighted by Gasteiger charge is 2.43. The SMILES string of the molecule is Cc1nc(C)nc(-c2cc(-n3c4cc(-c5ccc(C(F)(F)F)cc5C(F)(F)F)ccc4c4ccc(-c5ccc(C(F)(F)F)cc5C(F)(F)F)cc43)c(C#N)c(-n3c4cc(-c5ccc(C(F)(F)F)cc5C(F)(F)F)ccc4c4ccc(-c5ccc(C(F)(F)F)cc5C(F)(F)F)cc43)c2)n1. The third-order valence-electron chi connectivity index (χ3n) is 16.2. The van der Waals surface area contributed by atoms with Gasteiger partial charge in [0.25, 0.3) is 0 Å². The summed E-state index contributed by atoms with van der Waals surface area (Å²) in [6.45, 7) is 2.74. The van der Waals surface area contributed by atoms with E-state index in [1.54, 1.807) is 0 Å². The van der Waals surface area contributed by atoms with E-state index >= 15 is 52.7 Å². The Morgan fingerprint density at radius 2 is 0.531 bits per heavy atom. The van der Waals surface area contributed by atoms with Gasteiger partial charge in [-0.15, -0.1) is 0 Å². The summed E-state index contributed by atoms with van der Waals surface area (Å²) in [7, 11) is 0. The summed E-state index contributed by atoms with van der Waals surface area (Å²) in [4.78, 5) is 13.0. The molecule has 30 heteroatoms. The van der Waals surface area contributed by atoms with Crippen LogP contribution in [0.25, 0.3) is 111 Å². The fraction of sp³-hybridized carbons (Fsp3) is 0.147. The first-order chi connectivity index (χ1) is 45.4. The van der Waals surface area contributed by atoms with Crippen LogP contribution >= 0.6 is 0 Å². The molecule has 0 fully saturated rings. The van der Waals surface area contributed by atoms with E-state index < -0.39 is 155 Å². The minimum Gasteiger partial charge on any atom is -0.308 e. The highest BCUT2D eigenvalue weighted by molar-refractivity contribution is 6.13. The molecule has 0 aliphatic heterocycles. The molecule has 0 saturated heterocycles. The molecular formula is C68H32F24N6. The molecule has 6 nitrogen and oxygen atoms in total. The fourth-order valence-corrected chi connectivity index (χ4v) is 12.0. The van der Waals surface area contributed by atoms with E-state index in [4.69, 9.17) is 0 Å². The van der Waals surface area contributed by atoms with Crippen LogP contribution in [0.5, 0.6) is 0 Å². The van der Waals surface area contributed by atoms with Gasteiger partial charge >= 0.3 is 49.4 Å². The van der Waals surface area contributed by atoms with Crippen LogP contribution in [-0.4, -0.2) is 24.1 Å². The van der Waals surface area contributed by atoms with Crippen LogP contribution in [0, 0.1) is 25.2 Å². The number of aromatic nitrogens is 5. The van der Waals surface area contributed by atoms with Crippen molar-refractivity contribution in [2.24, 2.45) is 0 Å². The van der Waals surface area contributed by atoms with Crippen LogP contribution in [0.1, 0.15) is 61.7 Å². The van der Waals surface area contributed by atoms with Gasteiger partial charge in [-0.1, -0.05) is 72.8 Å². The monoisotopic (exact) mass is 1390 g/mol. The van der Waals surface area contributed by atoms with Crippen LogP contribution in [0.3, 0.4) is 0 Å². The number of alkyl halides is 24. The first kappa shape index (κ1) is 67.4. The molecule has 3 aromatic heterocycles. The standard InChI is InChI=1S/C68H32F24N6/c1-30-94-31(2)96-60(95-30)36-23-58(97-54-19-32(41-15-7-37(61(69,70)71)25-50(41)65(81,82)83)3-11-45(54)46-12-4-33(20-55(46)97)42-16-8-38(62(72,73)74)26-51(42)66(84,85)86)49(29-93)59(24-36)98-56-21-34(43-17-9-39(63(75,76)77)27-52(43)67(87,88)89)5-13-47(56)48-14-6-35(22-57(48)98)44-18-10-40(64(78,79)80)28-53(44)68(90,91)92/h3-28H,1-2H3. The van der Waals surface area contributed by atoms with Crippen molar-refractivity contribution in [3.63, 3.8) is 0 Å².